The highest BCUT2D eigenvalue weighted by Crippen LogP contribution is 2.23. The van der Waals surface area contributed by atoms with Crippen LogP contribution in [-0.2, 0) is 18.5 Å². The molecule has 21 heavy (non-hydrogen) atoms. The first kappa shape index (κ1) is 15.6. The van der Waals surface area contributed by atoms with Crippen molar-refractivity contribution in [2.75, 3.05) is 6.26 Å². The minimum absolute atomic E-state index is 0.135. The van der Waals surface area contributed by atoms with Gasteiger partial charge in [0.15, 0.2) is 0 Å². The Morgan fingerprint density at radius 1 is 1.48 bits per heavy atom. The van der Waals surface area contributed by atoms with Crippen molar-refractivity contribution in [2.24, 2.45) is 12.2 Å². The number of aryl methyl sites for hydroxylation is 1. The molecule has 9 heteroatoms. The van der Waals surface area contributed by atoms with E-state index in [0.29, 0.717) is 16.3 Å². The third-order valence-electron chi connectivity index (χ3n) is 2.74. The highest BCUT2D eigenvalue weighted by atomic mass is 35.5. The van der Waals surface area contributed by atoms with Crippen LogP contribution in [0.25, 0.3) is 5.69 Å². The highest BCUT2D eigenvalue weighted by molar-refractivity contribution is 8.13. The summed E-state index contributed by atoms with van der Waals surface area (Å²) in [5, 5.41) is 12.7. The minimum Gasteiger partial charge on any atom is -0.390 e. The molecular weight excluding hydrogens is 314 g/mol. The molecule has 2 aromatic rings. The molecule has 0 saturated carbocycles. The number of oxime groups is 1. The number of thioether (sulfide) groups is 1. The molecule has 0 N–H and O–H groups in total. The largest absolute Gasteiger partial charge is 0.390 e. The first-order valence-electron chi connectivity index (χ1n) is 6.02. The lowest BCUT2D eigenvalue weighted by atomic mass is 10.2. The predicted octanol–water partition coefficient (Wildman–Crippen LogP) is 1.83. The molecule has 0 fully saturated rings. The topological polar surface area (TPSA) is 74.3 Å². The smallest absolute Gasteiger partial charge is 0.368 e. The second-order valence-electron chi connectivity index (χ2n) is 4.12. The lowest BCUT2D eigenvalue weighted by Crippen LogP contribution is -2.23. The molecule has 0 aliphatic rings. The van der Waals surface area contributed by atoms with Crippen molar-refractivity contribution in [3.8, 4) is 5.69 Å². The van der Waals surface area contributed by atoms with Crippen molar-refractivity contribution in [2.45, 2.75) is 13.5 Å². The lowest BCUT2D eigenvalue weighted by Gasteiger charge is -2.09. The van der Waals surface area contributed by atoms with E-state index in [0.717, 1.165) is 9.73 Å². The maximum Gasteiger partial charge on any atom is 0.368 e. The van der Waals surface area contributed by atoms with Gasteiger partial charge in [0.2, 0.25) is 0 Å². The predicted molar refractivity (Wildman–Crippen MR) is 83.0 cm³/mol. The van der Waals surface area contributed by atoms with Gasteiger partial charge in [-0.2, -0.15) is 9.36 Å². The molecule has 1 aromatic carbocycles. The number of hydrogen-bond acceptors (Lipinski definition) is 6. The van der Waals surface area contributed by atoms with E-state index < -0.39 is 0 Å². The van der Waals surface area contributed by atoms with E-state index >= 15 is 0 Å². The van der Waals surface area contributed by atoms with Crippen LogP contribution in [0.5, 0.6) is 0 Å². The summed E-state index contributed by atoms with van der Waals surface area (Å²) in [5.41, 5.74) is 0.791. The SMILES string of the molecule is CSC(C)=NOCc1c(Cl)cccc1-n1nnn(C)c1=O. The second kappa shape index (κ2) is 6.77. The Morgan fingerprint density at radius 3 is 2.86 bits per heavy atom. The van der Waals surface area contributed by atoms with E-state index in [9.17, 15) is 4.79 Å². The van der Waals surface area contributed by atoms with Gasteiger partial charge in [0.25, 0.3) is 0 Å². The maximum atomic E-state index is 11.9. The first-order chi connectivity index (χ1) is 10.0. The zero-order valence-electron chi connectivity index (χ0n) is 11.8. The number of aromatic nitrogens is 4. The van der Waals surface area contributed by atoms with Gasteiger partial charge >= 0.3 is 5.69 Å². The van der Waals surface area contributed by atoms with Crippen molar-refractivity contribution in [3.05, 3.63) is 39.3 Å². The van der Waals surface area contributed by atoms with E-state index in [1.807, 2.05) is 13.2 Å². The molecule has 0 atom stereocenters. The quantitative estimate of drug-likeness (QED) is 0.486. The molecule has 0 amide bonds. The van der Waals surface area contributed by atoms with Crippen molar-refractivity contribution in [1.29, 1.82) is 0 Å². The van der Waals surface area contributed by atoms with Gasteiger partial charge in [-0.3, -0.25) is 0 Å². The standard InChI is InChI=1S/C12H14ClN5O2S/c1-8(21-3)14-20-7-9-10(13)5-4-6-11(9)18-12(19)17(2)15-16-18/h4-6H,7H2,1-3H3. The van der Waals surface area contributed by atoms with Gasteiger partial charge in [0.1, 0.15) is 11.7 Å². The molecule has 0 spiro atoms. The fourth-order valence-electron chi connectivity index (χ4n) is 1.58. The van der Waals surface area contributed by atoms with Gasteiger partial charge in [0.05, 0.1) is 5.69 Å². The number of tetrazole rings is 1. The Balaban J connectivity index is 2.37. The Kier molecular flexibility index (Phi) is 5.03. The fraction of sp³-hybridized carbons (Fsp3) is 0.333. The summed E-state index contributed by atoms with van der Waals surface area (Å²) < 4.78 is 2.32. The van der Waals surface area contributed by atoms with Crippen molar-refractivity contribution in [3.63, 3.8) is 0 Å². The van der Waals surface area contributed by atoms with E-state index in [1.165, 1.54) is 23.5 Å². The number of rotatable bonds is 4. The number of halogens is 1. The Hall–Kier alpha value is -1.80. The lowest BCUT2D eigenvalue weighted by molar-refractivity contribution is 0.131. The molecule has 7 nitrogen and oxygen atoms in total. The van der Waals surface area contributed by atoms with Gasteiger partial charge in [-0.15, -0.1) is 11.8 Å². The van der Waals surface area contributed by atoms with Crippen LogP contribution in [0.15, 0.2) is 28.1 Å². The van der Waals surface area contributed by atoms with Gasteiger partial charge in [-0.1, -0.05) is 22.8 Å². The molecule has 0 radical (unpaired) electrons. The number of benzene rings is 1. The van der Waals surface area contributed by atoms with E-state index in [1.54, 1.807) is 18.2 Å². The van der Waals surface area contributed by atoms with E-state index in [2.05, 4.69) is 15.6 Å². The summed E-state index contributed by atoms with van der Waals surface area (Å²) >= 11 is 7.67. The van der Waals surface area contributed by atoms with Gasteiger partial charge in [-0.25, -0.2) is 4.79 Å². The molecular formula is C12H14ClN5O2S. The summed E-state index contributed by atoms with van der Waals surface area (Å²) in [6.07, 6.45) is 1.90. The van der Waals surface area contributed by atoms with Crippen LogP contribution >= 0.6 is 23.4 Å². The zero-order valence-corrected chi connectivity index (χ0v) is 13.4. The van der Waals surface area contributed by atoms with Crippen molar-refractivity contribution < 1.29 is 4.84 Å². The van der Waals surface area contributed by atoms with Crippen LogP contribution in [0.1, 0.15) is 12.5 Å². The van der Waals surface area contributed by atoms with Gasteiger partial charge in [0, 0.05) is 17.6 Å². The summed E-state index contributed by atoms with van der Waals surface area (Å²) in [6, 6.07) is 5.18. The summed E-state index contributed by atoms with van der Waals surface area (Å²) in [6.45, 7) is 1.97. The van der Waals surface area contributed by atoms with E-state index in [-0.39, 0.29) is 12.3 Å². The molecule has 0 aliphatic carbocycles. The molecule has 0 bridgehead atoms. The van der Waals surface area contributed by atoms with Gasteiger partial charge in [-0.05, 0) is 35.7 Å². The Labute approximate surface area is 130 Å². The Bertz CT molecular complexity index is 725. The highest BCUT2D eigenvalue weighted by Gasteiger charge is 2.14. The van der Waals surface area contributed by atoms with Crippen LogP contribution in [0, 0.1) is 0 Å². The van der Waals surface area contributed by atoms with Crippen molar-refractivity contribution >= 4 is 28.4 Å². The van der Waals surface area contributed by atoms with Crippen LogP contribution < -0.4 is 5.69 Å². The number of nitrogens with zero attached hydrogens (tertiary/aromatic N) is 5. The monoisotopic (exact) mass is 327 g/mol. The summed E-state index contributed by atoms with van der Waals surface area (Å²) in [5.74, 6) is 0. The minimum atomic E-state index is -0.359. The number of hydrogen-bond donors (Lipinski definition) is 0. The average Bonchev–Trinajstić information content (AvgIpc) is 2.80. The Morgan fingerprint density at radius 2 is 2.24 bits per heavy atom. The maximum absolute atomic E-state index is 11.9. The van der Waals surface area contributed by atoms with E-state index in [4.69, 9.17) is 16.4 Å². The average molecular weight is 328 g/mol. The summed E-state index contributed by atoms with van der Waals surface area (Å²) in [7, 11) is 1.53. The molecule has 112 valence electrons. The molecule has 0 aliphatic heterocycles. The molecule has 1 aromatic heterocycles. The van der Waals surface area contributed by atoms with Crippen LogP contribution in [0.3, 0.4) is 0 Å². The van der Waals surface area contributed by atoms with Crippen molar-refractivity contribution in [1.82, 2.24) is 19.8 Å². The van der Waals surface area contributed by atoms with Crippen LogP contribution in [0.4, 0.5) is 0 Å². The molecule has 2 rings (SSSR count). The fourth-order valence-corrected chi connectivity index (χ4v) is 1.93. The third kappa shape index (κ3) is 3.45. The molecule has 0 saturated heterocycles. The van der Waals surface area contributed by atoms with Gasteiger partial charge < -0.3 is 4.84 Å². The summed E-state index contributed by atoms with van der Waals surface area (Å²) in [4.78, 5) is 17.2. The molecule has 0 unspecified atom stereocenters. The third-order valence-corrected chi connectivity index (χ3v) is 3.76. The first-order valence-corrected chi connectivity index (χ1v) is 7.62. The normalized spacial score (nSPS) is 11.7. The van der Waals surface area contributed by atoms with Crippen LogP contribution in [0.2, 0.25) is 5.02 Å². The molecule has 1 heterocycles. The zero-order chi connectivity index (χ0) is 15.4. The second-order valence-corrected chi connectivity index (χ2v) is 5.53. The van der Waals surface area contributed by atoms with Crippen LogP contribution in [-0.4, -0.2) is 31.1 Å².